The largest absolute Gasteiger partial charge is 0.470 e. The highest BCUT2D eigenvalue weighted by Crippen LogP contribution is 2.45. The van der Waals surface area contributed by atoms with Gasteiger partial charge in [-0.3, -0.25) is 9.69 Å². The summed E-state index contributed by atoms with van der Waals surface area (Å²) in [5, 5.41) is 0. The van der Waals surface area contributed by atoms with Crippen molar-refractivity contribution in [3.63, 3.8) is 0 Å². The molecule has 4 heteroatoms. The molecule has 0 fully saturated rings. The summed E-state index contributed by atoms with van der Waals surface area (Å²) in [5.74, 6) is -0.183. The van der Waals surface area contributed by atoms with Crippen molar-refractivity contribution in [2.45, 2.75) is 6.04 Å². The second-order valence-electron chi connectivity index (χ2n) is 4.70. The van der Waals surface area contributed by atoms with Crippen LogP contribution < -0.4 is 4.74 Å². The second-order valence-corrected chi connectivity index (χ2v) is 4.70. The van der Waals surface area contributed by atoms with Crippen molar-refractivity contribution in [2.75, 3.05) is 6.73 Å². The molecule has 0 N–H and O–H groups in total. The minimum Gasteiger partial charge on any atom is -0.470 e. The van der Waals surface area contributed by atoms with Crippen LogP contribution in [-0.4, -0.2) is 17.5 Å². The van der Waals surface area contributed by atoms with Crippen LogP contribution in [0, 0.1) is 5.82 Å². The molecule has 2 heterocycles. The van der Waals surface area contributed by atoms with Gasteiger partial charge >= 0.3 is 0 Å². The SMILES string of the molecule is O=C1c2ccccc2C2c3cccc(F)c3OCN12. The molecule has 4 rings (SSSR count). The summed E-state index contributed by atoms with van der Waals surface area (Å²) in [7, 11) is 0. The van der Waals surface area contributed by atoms with Crippen molar-refractivity contribution in [2.24, 2.45) is 0 Å². The van der Waals surface area contributed by atoms with E-state index in [0.29, 0.717) is 11.1 Å². The van der Waals surface area contributed by atoms with Gasteiger partial charge in [0.2, 0.25) is 0 Å². The standard InChI is InChI=1S/C15H10FNO2/c16-12-7-3-6-11-13-9-4-1-2-5-10(9)15(18)17(13)8-19-14(11)12/h1-7,13H,8H2. The Balaban J connectivity index is 1.98. The van der Waals surface area contributed by atoms with Gasteiger partial charge in [0.25, 0.3) is 5.91 Å². The predicted molar refractivity (Wildman–Crippen MR) is 66.3 cm³/mol. The number of benzene rings is 2. The topological polar surface area (TPSA) is 29.5 Å². The first-order valence-electron chi connectivity index (χ1n) is 6.08. The molecule has 0 aliphatic carbocycles. The van der Waals surface area contributed by atoms with Gasteiger partial charge in [-0.1, -0.05) is 30.3 Å². The fourth-order valence-electron chi connectivity index (χ4n) is 2.87. The zero-order valence-corrected chi connectivity index (χ0v) is 9.97. The average Bonchev–Trinajstić information content (AvgIpc) is 2.74. The second kappa shape index (κ2) is 3.57. The Kier molecular flexibility index (Phi) is 1.98. The van der Waals surface area contributed by atoms with Crippen LogP contribution in [0.25, 0.3) is 0 Å². The number of amides is 1. The van der Waals surface area contributed by atoms with E-state index in [1.165, 1.54) is 6.07 Å². The van der Waals surface area contributed by atoms with Gasteiger partial charge in [-0.25, -0.2) is 4.39 Å². The lowest BCUT2D eigenvalue weighted by molar-refractivity contribution is 0.0485. The third-order valence-corrected chi connectivity index (χ3v) is 3.70. The maximum absolute atomic E-state index is 13.8. The maximum Gasteiger partial charge on any atom is 0.257 e. The van der Waals surface area contributed by atoms with Crippen LogP contribution in [0.5, 0.6) is 5.75 Å². The average molecular weight is 255 g/mol. The van der Waals surface area contributed by atoms with Crippen molar-refractivity contribution in [1.82, 2.24) is 4.90 Å². The highest BCUT2D eigenvalue weighted by Gasteiger charge is 2.42. The van der Waals surface area contributed by atoms with Gasteiger partial charge < -0.3 is 4.74 Å². The molecule has 0 saturated carbocycles. The van der Waals surface area contributed by atoms with Crippen molar-refractivity contribution in [3.8, 4) is 5.75 Å². The Labute approximate surface area is 109 Å². The van der Waals surface area contributed by atoms with Gasteiger partial charge in [0, 0.05) is 11.1 Å². The summed E-state index contributed by atoms with van der Waals surface area (Å²) >= 11 is 0. The smallest absolute Gasteiger partial charge is 0.257 e. The van der Waals surface area contributed by atoms with Crippen LogP contribution in [0.3, 0.4) is 0 Å². The highest BCUT2D eigenvalue weighted by molar-refractivity contribution is 6.00. The molecule has 2 aliphatic heterocycles. The number of fused-ring (bicyclic) bond motifs is 5. The Morgan fingerprint density at radius 2 is 1.89 bits per heavy atom. The first-order valence-corrected chi connectivity index (χ1v) is 6.08. The van der Waals surface area contributed by atoms with Crippen LogP contribution in [-0.2, 0) is 0 Å². The van der Waals surface area contributed by atoms with Gasteiger partial charge in [0.1, 0.15) is 0 Å². The summed E-state index contributed by atoms with van der Waals surface area (Å²) in [4.78, 5) is 13.9. The molecular weight excluding hydrogens is 245 g/mol. The third kappa shape index (κ3) is 1.28. The zero-order valence-electron chi connectivity index (χ0n) is 9.97. The molecule has 2 aliphatic rings. The molecule has 1 atom stereocenters. The quantitative estimate of drug-likeness (QED) is 0.724. The third-order valence-electron chi connectivity index (χ3n) is 3.70. The first-order chi connectivity index (χ1) is 9.27. The van der Waals surface area contributed by atoms with Crippen molar-refractivity contribution in [1.29, 1.82) is 0 Å². The molecule has 0 spiro atoms. The Bertz CT molecular complexity index is 698. The van der Waals surface area contributed by atoms with Gasteiger partial charge in [0.05, 0.1) is 6.04 Å². The number of hydrogen-bond acceptors (Lipinski definition) is 2. The predicted octanol–water partition coefficient (Wildman–Crippen LogP) is 2.72. The highest BCUT2D eigenvalue weighted by atomic mass is 19.1. The van der Waals surface area contributed by atoms with Gasteiger partial charge in [-0.2, -0.15) is 0 Å². The minimum atomic E-state index is -0.381. The van der Waals surface area contributed by atoms with E-state index < -0.39 is 0 Å². The molecule has 2 aromatic rings. The lowest BCUT2D eigenvalue weighted by atomic mass is 9.96. The van der Waals surface area contributed by atoms with Crippen LogP contribution >= 0.6 is 0 Å². The van der Waals surface area contributed by atoms with E-state index in [1.807, 2.05) is 24.3 Å². The Morgan fingerprint density at radius 3 is 2.79 bits per heavy atom. The molecule has 3 nitrogen and oxygen atoms in total. The zero-order chi connectivity index (χ0) is 13.0. The Morgan fingerprint density at radius 1 is 1.11 bits per heavy atom. The van der Waals surface area contributed by atoms with Gasteiger partial charge in [0.15, 0.2) is 18.3 Å². The van der Waals surface area contributed by atoms with E-state index >= 15 is 0 Å². The van der Waals surface area contributed by atoms with Crippen molar-refractivity contribution in [3.05, 3.63) is 65.0 Å². The van der Waals surface area contributed by atoms with E-state index in [9.17, 15) is 9.18 Å². The summed E-state index contributed by atoms with van der Waals surface area (Å²) in [6, 6.07) is 12.0. The molecule has 1 unspecified atom stereocenters. The summed E-state index contributed by atoms with van der Waals surface area (Å²) in [5.41, 5.74) is 2.31. The van der Waals surface area contributed by atoms with Crippen LogP contribution in [0.4, 0.5) is 4.39 Å². The number of nitrogens with zero attached hydrogens (tertiary/aromatic N) is 1. The van der Waals surface area contributed by atoms with Crippen molar-refractivity contribution >= 4 is 5.91 Å². The summed E-state index contributed by atoms with van der Waals surface area (Å²) in [6.45, 7) is 0.0894. The van der Waals surface area contributed by atoms with E-state index in [4.69, 9.17) is 4.74 Å². The fraction of sp³-hybridized carbons (Fsp3) is 0.133. The van der Waals surface area contributed by atoms with Gasteiger partial charge in [-0.05, 0) is 17.7 Å². The fourth-order valence-corrected chi connectivity index (χ4v) is 2.87. The van der Waals surface area contributed by atoms with E-state index in [1.54, 1.807) is 17.0 Å². The number of rotatable bonds is 0. The lowest BCUT2D eigenvalue weighted by Gasteiger charge is -2.32. The molecule has 0 aromatic heterocycles. The van der Waals surface area contributed by atoms with E-state index in [0.717, 1.165) is 5.56 Å². The Hall–Kier alpha value is -2.36. The van der Waals surface area contributed by atoms with Crippen molar-refractivity contribution < 1.29 is 13.9 Å². The molecule has 0 saturated heterocycles. The van der Waals surface area contributed by atoms with Crippen LogP contribution in [0.15, 0.2) is 42.5 Å². The van der Waals surface area contributed by atoms with E-state index in [2.05, 4.69) is 0 Å². The maximum atomic E-state index is 13.8. The lowest BCUT2D eigenvalue weighted by Crippen LogP contribution is -2.36. The number of hydrogen-bond donors (Lipinski definition) is 0. The summed E-state index contributed by atoms with van der Waals surface area (Å²) in [6.07, 6.45) is 0. The van der Waals surface area contributed by atoms with Crippen LogP contribution in [0.2, 0.25) is 0 Å². The number of ether oxygens (including phenoxy) is 1. The normalized spacial score (nSPS) is 19.5. The molecule has 0 radical (unpaired) electrons. The minimum absolute atomic E-state index is 0.0597. The summed E-state index contributed by atoms with van der Waals surface area (Å²) < 4.78 is 19.2. The molecule has 94 valence electrons. The number of carbonyl (C=O) groups is 1. The van der Waals surface area contributed by atoms with Crippen LogP contribution in [0.1, 0.15) is 27.5 Å². The number of carbonyl (C=O) groups excluding carboxylic acids is 1. The molecule has 0 bridgehead atoms. The number of para-hydroxylation sites is 1. The monoisotopic (exact) mass is 255 g/mol. The molecule has 1 amide bonds. The van der Waals surface area contributed by atoms with Gasteiger partial charge in [-0.15, -0.1) is 0 Å². The molecule has 19 heavy (non-hydrogen) atoms. The molecular formula is C15H10FNO2. The van der Waals surface area contributed by atoms with E-state index in [-0.39, 0.29) is 30.2 Å². The molecule has 2 aromatic carbocycles. The first kappa shape index (κ1) is 10.6. The number of halogens is 1.